The Hall–Kier alpha value is -1.48. The van der Waals surface area contributed by atoms with E-state index >= 15 is 0 Å². The van der Waals surface area contributed by atoms with Gasteiger partial charge in [-0.25, -0.2) is 4.79 Å². The van der Waals surface area contributed by atoms with E-state index in [0.717, 1.165) is 10.9 Å². The number of rotatable bonds is 1. The zero-order chi connectivity index (χ0) is 10.3. The molecule has 0 radical (unpaired) electrons. The van der Waals surface area contributed by atoms with E-state index < -0.39 is 5.97 Å². The first-order valence-corrected chi connectivity index (χ1v) is 4.38. The first-order chi connectivity index (χ1) is 6.58. The molecule has 0 saturated heterocycles. The Bertz CT molecular complexity index is 513. The van der Waals surface area contributed by atoms with Crippen LogP contribution in [0.5, 0.6) is 0 Å². The maximum atomic E-state index is 10.6. The Kier molecular flexibility index (Phi) is 1.97. The van der Waals surface area contributed by atoms with Crippen LogP contribution in [0.3, 0.4) is 0 Å². The highest BCUT2D eigenvalue weighted by Gasteiger charge is 2.12. The van der Waals surface area contributed by atoms with Gasteiger partial charge in [0.15, 0.2) is 0 Å². The number of hydrogen-bond acceptors (Lipinski definition) is 2. The van der Waals surface area contributed by atoms with Gasteiger partial charge < -0.3 is 9.52 Å². The SMILES string of the molecule is Cc1cc(Cl)cc2oc(C(=O)O)cc12. The predicted molar refractivity (Wildman–Crippen MR) is 52.9 cm³/mol. The van der Waals surface area contributed by atoms with E-state index in [0.29, 0.717) is 10.6 Å². The third-order valence-corrected chi connectivity index (χ3v) is 2.24. The molecule has 0 saturated carbocycles. The van der Waals surface area contributed by atoms with Gasteiger partial charge >= 0.3 is 5.97 Å². The van der Waals surface area contributed by atoms with E-state index in [1.165, 1.54) is 6.07 Å². The van der Waals surface area contributed by atoms with Crippen molar-refractivity contribution in [2.24, 2.45) is 0 Å². The van der Waals surface area contributed by atoms with Crippen LogP contribution in [0.4, 0.5) is 0 Å². The van der Waals surface area contributed by atoms with Crippen molar-refractivity contribution in [3.8, 4) is 0 Å². The molecule has 0 atom stereocenters. The maximum absolute atomic E-state index is 10.6. The monoisotopic (exact) mass is 210 g/mol. The molecule has 1 heterocycles. The minimum absolute atomic E-state index is 0.0645. The zero-order valence-corrected chi connectivity index (χ0v) is 8.13. The van der Waals surface area contributed by atoms with Crippen molar-refractivity contribution in [3.05, 3.63) is 34.5 Å². The van der Waals surface area contributed by atoms with E-state index in [1.807, 2.05) is 6.92 Å². The molecule has 72 valence electrons. The van der Waals surface area contributed by atoms with Crippen LogP contribution in [-0.2, 0) is 0 Å². The van der Waals surface area contributed by atoms with Crippen molar-refractivity contribution in [2.75, 3.05) is 0 Å². The number of halogens is 1. The zero-order valence-electron chi connectivity index (χ0n) is 7.37. The molecular formula is C10H7ClO3. The van der Waals surface area contributed by atoms with Gasteiger partial charge in [0.1, 0.15) is 5.58 Å². The molecule has 0 aliphatic heterocycles. The number of carbonyl (C=O) groups is 1. The number of hydrogen-bond donors (Lipinski definition) is 1. The van der Waals surface area contributed by atoms with Crippen molar-refractivity contribution >= 4 is 28.5 Å². The van der Waals surface area contributed by atoms with E-state index in [9.17, 15) is 4.79 Å². The van der Waals surface area contributed by atoms with Gasteiger partial charge in [-0.3, -0.25) is 0 Å². The average molecular weight is 211 g/mol. The molecule has 0 spiro atoms. The summed E-state index contributed by atoms with van der Waals surface area (Å²) in [5.74, 6) is -1.14. The van der Waals surface area contributed by atoms with E-state index in [2.05, 4.69) is 0 Å². The number of fused-ring (bicyclic) bond motifs is 1. The molecular weight excluding hydrogens is 204 g/mol. The Morgan fingerprint density at radius 3 is 2.79 bits per heavy atom. The summed E-state index contributed by atoms with van der Waals surface area (Å²) in [5.41, 5.74) is 1.41. The molecule has 0 aliphatic rings. The highest BCUT2D eigenvalue weighted by Crippen LogP contribution is 2.26. The number of aromatic carboxylic acids is 1. The number of aryl methyl sites for hydroxylation is 1. The summed E-state index contributed by atoms with van der Waals surface area (Å²) in [6.45, 7) is 1.86. The molecule has 1 N–H and O–H groups in total. The fraction of sp³-hybridized carbons (Fsp3) is 0.100. The van der Waals surface area contributed by atoms with Crippen LogP contribution in [0.2, 0.25) is 5.02 Å². The molecule has 2 aromatic rings. The van der Waals surface area contributed by atoms with Crippen LogP contribution < -0.4 is 0 Å². The Balaban J connectivity index is 2.76. The van der Waals surface area contributed by atoms with Gasteiger partial charge in [-0.1, -0.05) is 11.6 Å². The van der Waals surface area contributed by atoms with E-state index in [-0.39, 0.29) is 5.76 Å². The van der Waals surface area contributed by atoms with Gasteiger partial charge in [0.25, 0.3) is 0 Å². The van der Waals surface area contributed by atoms with Crippen molar-refractivity contribution in [3.63, 3.8) is 0 Å². The molecule has 0 aliphatic carbocycles. The first-order valence-electron chi connectivity index (χ1n) is 4.01. The van der Waals surface area contributed by atoms with E-state index in [4.69, 9.17) is 21.1 Å². The lowest BCUT2D eigenvalue weighted by molar-refractivity contribution is 0.0665. The lowest BCUT2D eigenvalue weighted by Gasteiger charge is -1.94. The second-order valence-electron chi connectivity index (χ2n) is 3.05. The second-order valence-corrected chi connectivity index (χ2v) is 3.49. The number of furan rings is 1. The quantitative estimate of drug-likeness (QED) is 0.787. The lowest BCUT2D eigenvalue weighted by atomic mass is 10.1. The second kappa shape index (κ2) is 3.03. The summed E-state index contributed by atoms with van der Waals surface area (Å²) in [7, 11) is 0. The summed E-state index contributed by atoms with van der Waals surface area (Å²) < 4.78 is 5.11. The number of carboxylic acid groups (broad SMARTS) is 1. The van der Waals surface area contributed by atoms with Crippen molar-refractivity contribution in [1.29, 1.82) is 0 Å². The standard InChI is InChI=1S/C10H7ClO3/c1-5-2-6(11)3-8-7(5)4-9(14-8)10(12)13/h2-4H,1H3,(H,12,13). The highest BCUT2D eigenvalue weighted by molar-refractivity contribution is 6.31. The fourth-order valence-electron chi connectivity index (χ4n) is 1.38. The largest absolute Gasteiger partial charge is 0.475 e. The smallest absolute Gasteiger partial charge is 0.371 e. The lowest BCUT2D eigenvalue weighted by Crippen LogP contribution is -1.91. The Morgan fingerprint density at radius 2 is 2.14 bits per heavy atom. The molecule has 4 heteroatoms. The molecule has 14 heavy (non-hydrogen) atoms. The van der Waals surface area contributed by atoms with Crippen LogP contribution in [0.25, 0.3) is 11.0 Å². The van der Waals surface area contributed by atoms with Crippen molar-refractivity contribution in [1.82, 2.24) is 0 Å². The van der Waals surface area contributed by atoms with Gasteiger partial charge in [0, 0.05) is 16.5 Å². The van der Waals surface area contributed by atoms with Gasteiger partial charge in [0.05, 0.1) is 0 Å². The third-order valence-electron chi connectivity index (χ3n) is 2.02. The van der Waals surface area contributed by atoms with Crippen molar-refractivity contribution in [2.45, 2.75) is 6.92 Å². The predicted octanol–water partition coefficient (Wildman–Crippen LogP) is 3.09. The van der Waals surface area contributed by atoms with E-state index in [1.54, 1.807) is 12.1 Å². The van der Waals surface area contributed by atoms with Crippen LogP contribution in [0.1, 0.15) is 16.1 Å². The summed E-state index contributed by atoms with van der Waals surface area (Å²) in [5, 5.41) is 10.0. The van der Waals surface area contributed by atoms with Crippen LogP contribution >= 0.6 is 11.6 Å². The van der Waals surface area contributed by atoms with Gasteiger partial charge in [-0.2, -0.15) is 0 Å². The fourth-order valence-corrected chi connectivity index (χ4v) is 1.64. The average Bonchev–Trinajstić information content (AvgIpc) is 2.47. The van der Waals surface area contributed by atoms with Gasteiger partial charge in [-0.15, -0.1) is 0 Å². The van der Waals surface area contributed by atoms with Crippen molar-refractivity contribution < 1.29 is 14.3 Å². The van der Waals surface area contributed by atoms with Crippen LogP contribution in [-0.4, -0.2) is 11.1 Å². The molecule has 1 aromatic heterocycles. The van der Waals surface area contributed by atoms with Gasteiger partial charge in [0.2, 0.25) is 5.76 Å². The minimum atomic E-state index is -1.07. The third kappa shape index (κ3) is 1.36. The summed E-state index contributed by atoms with van der Waals surface area (Å²) in [6.07, 6.45) is 0. The number of carboxylic acids is 1. The van der Waals surface area contributed by atoms with Gasteiger partial charge in [-0.05, 0) is 24.6 Å². The molecule has 3 nitrogen and oxygen atoms in total. The molecule has 0 unspecified atom stereocenters. The molecule has 1 aromatic carbocycles. The Morgan fingerprint density at radius 1 is 1.43 bits per heavy atom. The molecule has 0 bridgehead atoms. The topological polar surface area (TPSA) is 50.4 Å². The molecule has 0 fully saturated rings. The Labute approximate surface area is 84.9 Å². The highest BCUT2D eigenvalue weighted by atomic mass is 35.5. The molecule has 2 rings (SSSR count). The first kappa shape index (κ1) is 9.09. The van der Waals surface area contributed by atoms with Crippen LogP contribution in [0, 0.1) is 6.92 Å². The minimum Gasteiger partial charge on any atom is -0.475 e. The van der Waals surface area contributed by atoms with Crippen LogP contribution in [0.15, 0.2) is 22.6 Å². The maximum Gasteiger partial charge on any atom is 0.371 e. The number of benzene rings is 1. The summed E-state index contributed by atoms with van der Waals surface area (Å²) in [6, 6.07) is 4.88. The summed E-state index contributed by atoms with van der Waals surface area (Å²) >= 11 is 5.81. The normalized spacial score (nSPS) is 10.7. The summed E-state index contributed by atoms with van der Waals surface area (Å²) in [4.78, 5) is 10.6. The molecule has 0 amide bonds.